The highest BCUT2D eigenvalue weighted by atomic mass is 16.4. The Morgan fingerprint density at radius 1 is 0.842 bits per heavy atom. The van der Waals surface area contributed by atoms with E-state index in [1.54, 1.807) is 0 Å². The van der Waals surface area contributed by atoms with Crippen LogP contribution in [0.3, 0.4) is 0 Å². The molecule has 0 unspecified atom stereocenters. The molecule has 0 aliphatic rings. The van der Waals surface area contributed by atoms with E-state index in [1.165, 1.54) is 0 Å². The van der Waals surface area contributed by atoms with Gasteiger partial charge in [0.25, 0.3) is 0 Å². The monoisotopic (exact) mass is 277 g/mol. The van der Waals surface area contributed by atoms with Crippen molar-refractivity contribution in [1.29, 1.82) is 0 Å². The summed E-state index contributed by atoms with van der Waals surface area (Å²) >= 11 is 0. The van der Waals surface area contributed by atoms with Crippen LogP contribution in [-0.4, -0.2) is 59.4 Å². The first-order chi connectivity index (χ1) is 8.90. The molecule has 6 nitrogen and oxygen atoms in total. The number of aliphatic hydroxyl groups is 1. The summed E-state index contributed by atoms with van der Waals surface area (Å²) in [6.45, 7) is 1.02. The molecular weight excluding hydrogens is 250 g/mol. The Morgan fingerprint density at radius 3 is 1.42 bits per heavy atom. The van der Waals surface area contributed by atoms with E-state index in [1.807, 2.05) is 19.0 Å². The van der Waals surface area contributed by atoms with Crippen molar-refractivity contribution in [3.63, 3.8) is 0 Å². The standard InChI is InChI=1S/C9H16O4.C4H11NO/c10-8(11)6-4-2-1-3-5-7-9(12)13;1-5(2)3-4-6/h1-7H2,(H,10,11)(H,12,13);6H,3-4H2,1-2H3. The smallest absolute Gasteiger partial charge is 0.303 e. The molecule has 0 atom stereocenters. The fourth-order valence-electron chi connectivity index (χ4n) is 1.28. The molecule has 0 fully saturated rings. The van der Waals surface area contributed by atoms with Crippen molar-refractivity contribution in [3.05, 3.63) is 0 Å². The number of hydrogen-bond donors (Lipinski definition) is 3. The molecule has 3 N–H and O–H groups in total. The molecule has 114 valence electrons. The molecule has 0 aromatic carbocycles. The maximum absolute atomic E-state index is 10.1. The summed E-state index contributed by atoms with van der Waals surface area (Å²) in [4.78, 5) is 22.1. The van der Waals surface area contributed by atoms with Gasteiger partial charge in [0.15, 0.2) is 0 Å². The van der Waals surface area contributed by atoms with Gasteiger partial charge in [-0.1, -0.05) is 19.3 Å². The molecule has 0 rings (SSSR count). The number of carbonyl (C=O) groups is 2. The van der Waals surface area contributed by atoms with Gasteiger partial charge in [0.1, 0.15) is 0 Å². The number of carboxylic acids is 2. The number of aliphatic hydroxyl groups excluding tert-OH is 1. The minimum atomic E-state index is -0.759. The van der Waals surface area contributed by atoms with Crippen LogP contribution in [0, 0.1) is 0 Å². The summed E-state index contributed by atoms with van der Waals surface area (Å²) in [5.41, 5.74) is 0. The zero-order valence-electron chi connectivity index (χ0n) is 12.0. The van der Waals surface area contributed by atoms with E-state index in [9.17, 15) is 9.59 Å². The number of nitrogens with zero attached hydrogens (tertiary/aromatic N) is 1. The third-order valence-corrected chi connectivity index (χ3v) is 2.33. The van der Waals surface area contributed by atoms with E-state index in [0.29, 0.717) is 12.8 Å². The summed E-state index contributed by atoms with van der Waals surface area (Å²) in [5, 5.41) is 24.8. The van der Waals surface area contributed by atoms with E-state index in [2.05, 4.69) is 0 Å². The number of carboxylic acid groups (broad SMARTS) is 2. The van der Waals surface area contributed by atoms with E-state index < -0.39 is 11.9 Å². The first kappa shape index (κ1) is 20.2. The molecule has 0 aliphatic heterocycles. The Kier molecular flexibility index (Phi) is 15.8. The van der Waals surface area contributed by atoms with Gasteiger partial charge in [-0.2, -0.15) is 0 Å². The third-order valence-electron chi connectivity index (χ3n) is 2.33. The number of aliphatic carboxylic acids is 2. The second kappa shape index (κ2) is 14.9. The van der Waals surface area contributed by atoms with Crippen molar-refractivity contribution in [2.75, 3.05) is 27.2 Å². The normalized spacial score (nSPS) is 9.89. The van der Waals surface area contributed by atoms with Crippen molar-refractivity contribution < 1.29 is 24.9 Å². The molecule has 0 saturated carbocycles. The number of unbranched alkanes of at least 4 members (excludes halogenated alkanes) is 4. The molecule has 0 aromatic rings. The largest absolute Gasteiger partial charge is 0.481 e. The lowest BCUT2D eigenvalue weighted by atomic mass is 10.1. The molecule has 0 aromatic heterocycles. The molecular formula is C13H27NO5. The van der Waals surface area contributed by atoms with Gasteiger partial charge in [-0.25, -0.2) is 0 Å². The molecule has 19 heavy (non-hydrogen) atoms. The molecule has 6 heteroatoms. The molecule has 0 spiro atoms. The Balaban J connectivity index is 0. The summed E-state index contributed by atoms with van der Waals surface area (Å²) in [5.74, 6) is -1.52. The van der Waals surface area contributed by atoms with Crippen LogP contribution < -0.4 is 0 Å². The van der Waals surface area contributed by atoms with Gasteiger partial charge >= 0.3 is 11.9 Å². The highest BCUT2D eigenvalue weighted by molar-refractivity contribution is 5.66. The summed E-state index contributed by atoms with van der Waals surface area (Å²) in [6.07, 6.45) is 4.53. The van der Waals surface area contributed by atoms with Crippen LogP contribution in [0.15, 0.2) is 0 Å². The van der Waals surface area contributed by atoms with Crippen LogP contribution in [0.4, 0.5) is 0 Å². The number of likely N-dealkylation sites (N-methyl/N-ethyl adjacent to an activating group) is 1. The Hall–Kier alpha value is -1.14. The minimum Gasteiger partial charge on any atom is -0.481 e. The van der Waals surface area contributed by atoms with E-state index >= 15 is 0 Å². The number of rotatable bonds is 10. The number of hydrogen-bond acceptors (Lipinski definition) is 4. The van der Waals surface area contributed by atoms with Gasteiger partial charge in [-0.15, -0.1) is 0 Å². The van der Waals surface area contributed by atoms with Crippen LogP contribution in [-0.2, 0) is 9.59 Å². The van der Waals surface area contributed by atoms with Crippen LogP contribution in [0.25, 0.3) is 0 Å². The van der Waals surface area contributed by atoms with E-state index in [0.717, 1.165) is 25.8 Å². The van der Waals surface area contributed by atoms with Crippen molar-refractivity contribution in [2.24, 2.45) is 0 Å². The first-order valence-corrected chi connectivity index (χ1v) is 6.59. The van der Waals surface area contributed by atoms with Crippen LogP contribution in [0.5, 0.6) is 0 Å². The quantitative estimate of drug-likeness (QED) is 0.522. The lowest BCUT2D eigenvalue weighted by molar-refractivity contribution is -0.138. The predicted molar refractivity (Wildman–Crippen MR) is 73.2 cm³/mol. The van der Waals surface area contributed by atoms with Crippen molar-refractivity contribution in [1.82, 2.24) is 4.90 Å². The predicted octanol–water partition coefficient (Wildman–Crippen LogP) is 1.43. The lowest BCUT2D eigenvalue weighted by Gasteiger charge is -2.03. The fourth-order valence-corrected chi connectivity index (χ4v) is 1.28. The molecule has 0 aliphatic carbocycles. The lowest BCUT2D eigenvalue weighted by Crippen LogP contribution is -2.15. The van der Waals surface area contributed by atoms with Crippen molar-refractivity contribution in [3.8, 4) is 0 Å². The van der Waals surface area contributed by atoms with E-state index in [-0.39, 0.29) is 19.4 Å². The maximum atomic E-state index is 10.1. The molecule has 0 radical (unpaired) electrons. The highest BCUT2D eigenvalue weighted by Crippen LogP contribution is 2.06. The Bertz CT molecular complexity index is 213. The van der Waals surface area contributed by atoms with Gasteiger partial charge in [0.05, 0.1) is 6.61 Å². The topological polar surface area (TPSA) is 98.1 Å². The zero-order valence-corrected chi connectivity index (χ0v) is 12.0. The summed E-state index contributed by atoms with van der Waals surface area (Å²) in [6, 6.07) is 0. The maximum Gasteiger partial charge on any atom is 0.303 e. The van der Waals surface area contributed by atoms with Gasteiger partial charge in [0, 0.05) is 19.4 Å². The van der Waals surface area contributed by atoms with Gasteiger partial charge < -0.3 is 20.2 Å². The van der Waals surface area contributed by atoms with Gasteiger partial charge in [-0.05, 0) is 26.9 Å². The van der Waals surface area contributed by atoms with Crippen molar-refractivity contribution >= 4 is 11.9 Å². The van der Waals surface area contributed by atoms with Crippen LogP contribution >= 0.6 is 0 Å². The second-order valence-corrected chi connectivity index (χ2v) is 4.58. The van der Waals surface area contributed by atoms with E-state index in [4.69, 9.17) is 15.3 Å². The molecule has 0 bridgehead atoms. The average Bonchev–Trinajstić information content (AvgIpc) is 2.27. The van der Waals surface area contributed by atoms with Crippen LogP contribution in [0.1, 0.15) is 44.9 Å². The Morgan fingerprint density at radius 2 is 1.21 bits per heavy atom. The zero-order chi connectivity index (χ0) is 15.1. The highest BCUT2D eigenvalue weighted by Gasteiger charge is 1.98. The second-order valence-electron chi connectivity index (χ2n) is 4.58. The summed E-state index contributed by atoms with van der Waals surface area (Å²) in [7, 11) is 3.85. The van der Waals surface area contributed by atoms with Gasteiger partial charge in [0.2, 0.25) is 0 Å². The third kappa shape index (κ3) is 26.5. The molecule has 0 amide bonds. The van der Waals surface area contributed by atoms with Crippen molar-refractivity contribution in [2.45, 2.75) is 44.9 Å². The molecule has 0 heterocycles. The summed E-state index contributed by atoms with van der Waals surface area (Å²) < 4.78 is 0. The first-order valence-electron chi connectivity index (χ1n) is 6.59. The SMILES string of the molecule is CN(C)CCO.O=C(O)CCCCCCCC(=O)O. The Labute approximate surface area is 115 Å². The van der Waals surface area contributed by atoms with Gasteiger partial charge in [-0.3, -0.25) is 9.59 Å². The average molecular weight is 277 g/mol. The minimum absolute atomic E-state index is 0.221. The fraction of sp³-hybridized carbons (Fsp3) is 0.846. The molecule has 0 saturated heterocycles. The van der Waals surface area contributed by atoms with Crippen LogP contribution in [0.2, 0.25) is 0 Å².